The molecule has 2 fully saturated rings. The van der Waals surface area contributed by atoms with Crippen molar-refractivity contribution in [1.82, 2.24) is 4.90 Å². The van der Waals surface area contributed by atoms with Gasteiger partial charge in [-0.1, -0.05) is 37.3 Å². The van der Waals surface area contributed by atoms with Crippen molar-refractivity contribution in [2.24, 2.45) is 5.41 Å². The Morgan fingerprint density at radius 1 is 1.00 bits per heavy atom. The molecule has 0 aromatic heterocycles. The zero-order chi connectivity index (χ0) is 24.0. The first-order chi connectivity index (χ1) is 16.1. The Labute approximate surface area is 202 Å². The van der Waals surface area contributed by atoms with E-state index in [2.05, 4.69) is 19.1 Å². The number of piperidine rings is 1. The van der Waals surface area contributed by atoms with E-state index >= 15 is 0 Å². The van der Waals surface area contributed by atoms with Gasteiger partial charge in [0.1, 0.15) is 11.4 Å². The molecule has 34 heavy (non-hydrogen) atoms. The minimum Gasteiger partial charge on any atom is -0.487 e. The second-order valence-electron chi connectivity index (χ2n) is 10.7. The highest BCUT2D eigenvalue weighted by molar-refractivity contribution is 7.89. The van der Waals surface area contributed by atoms with Crippen LogP contribution in [0, 0.1) is 5.41 Å². The van der Waals surface area contributed by atoms with E-state index in [0.29, 0.717) is 19.7 Å². The summed E-state index contributed by atoms with van der Waals surface area (Å²) in [6, 6.07) is 14.0. The Balaban J connectivity index is 1.20. The summed E-state index contributed by atoms with van der Waals surface area (Å²) in [5, 5.41) is 0. The van der Waals surface area contributed by atoms with Crippen LogP contribution < -0.4 is 4.74 Å². The number of carbonyl (C=O) groups excluding carboxylic acids is 1. The van der Waals surface area contributed by atoms with Crippen molar-refractivity contribution >= 4 is 15.9 Å². The number of ether oxygens (including phenoxy) is 2. The van der Waals surface area contributed by atoms with Crippen LogP contribution in [0.15, 0.2) is 42.5 Å². The first-order valence-electron chi connectivity index (χ1n) is 12.1. The molecule has 5 rings (SSSR count). The lowest BCUT2D eigenvalue weighted by Crippen LogP contribution is -2.51. The fourth-order valence-electron chi connectivity index (χ4n) is 4.93. The molecular weight excluding hydrogens is 450 g/mol. The van der Waals surface area contributed by atoms with Crippen molar-refractivity contribution in [3.8, 4) is 16.9 Å². The number of hydrogen-bond acceptors (Lipinski definition) is 5. The van der Waals surface area contributed by atoms with Crippen LogP contribution in [0.1, 0.15) is 50.2 Å². The number of sulfone groups is 1. The molecule has 6 nitrogen and oxygen atoms in total. The molecule has 7 heteroatoms. The molecule has 3 aliphatic rings. The number of aryl methyl sites for hydroxylation is 1. The van der Waals surface area contributed by atoms with Crippen LogP contribution >= 0.6 is 0 Å². The van der Waals surface area contributed by atoms with E-state index in [-0.39, 0.29) is 22.9 Å². The maximum Gasteiger partial charge on any atom is 0.409 e. The molecule has 2 aromatic rings. The highest BCUT2D eigenvalue weighted by atomic mass is 32.2. The second-order valence-corrected chi connectivity index (χ2v) is 12.9. The molecule has 2 aliphatic heterocycles. The molecule has 2 heterocycles. The minimum absolute atomic E-state index is 0.0575. The zero-order valence-corrected chi connectivity index (χ0v) is 20.8. The maximum atomic E-state index is 12.4. The predicted octanol–water partition coefficient (Wildman–Crippen LogP) is 4.99. The van der Waals surface area contributed by atoms with Crippen molar-refractivity contribution in [2.75, 3.05) is 26.0 Å². The monoisotopic (exact) mass is 483 g/mol. The summed E-state index contributed by atoms with van der Waals surface area (Å²) in [7, 11) is -3.04. The molecule has 1 amide bonds. The van der Waals surface area contributed by atoms with Gasteiger partial charge in [-0.2, -0.15) is 0 Å². The van der Waals surface area contributed by atoms with Gasteiger partial charge in [0.05, 0.1) is 12.4 Å². The van der Waals surface area contributed by atoms with E-state index < -0.39 is 9.84 Å². The SMILES string of the molecule is CC1(COC(=O)N2CCC3(CCc4cc(-c5ccc(CS(C)(=O)=O)cc5)ccc4O3)CC2)CC1. The maximum absolute atomic E-state index is 12.4. The average Bonchev–Trinajstić information content (AvgIpc) is 3.55. The van der Waals surface area contributed by atoms with E-state index in [9.17, 15) is 13.2 Å². The van der Waals surface area contributed by atoms with Crippen molar-refractivity contribution in [2.45, 2.75) is 56.8 Å². The highest BCUT2D eigenvalue weighted by Gasteiger charge is 2.42. The number of fused-ring (bicyclic) bond motifs is 1. The number of amides is 1. The molecule has 2 aromatic carbocycles. The molecule has 0 unspecified atom stereocenters. The summed E-state index contributed by atoms with van der Waals surface area (Å²) < 4.78 is 35.1. The molecule has 0 atom stereocenters. The van der Waals surface area contributed by atoms with Crippen molar-refractivity contribution in [1.29, 1.82) is 0 Å². The van der Waals surface area contributed by atoms with Gasteiger partial charge in [0, 0.05) is 37.6 Å². The fraction of sp³-hybridized carbons (Fsp3) is 0.519. The largest absolute Gasteiger partial charge is 0.487 e. The van der Waals surface area contributed by atoms with E-state index in [1.165, 1.54) is 11.8 Å². The number of rotatable bonds is 5. The number of benzene rings is 2. The van der Waals surface area contributed by atoms with Crippen molar-refractivity contribution in [3.05, 3.63) is 53.6 Å². The summed E-state index contributed by atoms with van der Waals surface area (Å²) in [5.74, 6) is 0.989. The molecular formula is C27H33NO5S. The Kier molecular flexibility index (Phi) is 5.87. The molecule has 0 radical (unpaired) electrons. The Morgan fingerprint density at radius 3 is 2.32 bits per heavy atom. The van der Waals surface area contributed by atoms with E-state index in [4.69, 9.17) is 9.47 Å². The van der Waals surface area contributed by atoms with Crippen molar-refractivity contribution < 1.29 is 22.7 Å². The van der Waals surface area contributed by atoms with Crippen LogP contribution in [0.2, 0.25) is 0 Å². The van der Waals surface area contributed by atoms with Crippen LogP contribution in [0.3, 0.4) is 0 Å². The summed E-state index contributed by atoms with van der Waals surface area (Å²) in [6.45, 7) is 4.03. The van der Waals surface area contributed by atoms with Crippen LogP contribution in [0.4, 0.5) is 4.79 Å². The number of likely N-dealkylation sites (tertiary alicyclic amines) is 1. The topological polar surface area (TPSA) is 72.9 Å². The Hall–Kier alpha value is -2.54. The van der Waals surface area contributed by atoms with Crippen LogP contribution in [-0.2, 0) is 26.7 Å². The third-order valence-electron chi connectivity index (χ3n) is 7.53. The van der Waals surface area contributed by atoms with Gasteiger partial charge in [-0.25, -0.2) is 13.2 Å². The lowest BCUT2D eigenvalue weighted by molar-refractivity contribution is -0.0158. The smallest absolute Gasteiger partial charge is 0.409 e. The number of carbonyl (C=O) groups is 1. The quantitative estimate of drug-likeness (QED) is 0.599. The zero-order valence-electron chi connectivity index (χ0n) is 20.0. The van der Waals surface area contributed by atoms with Gasteiger partial charge in [-0.05, 0) is 60.1 Å². The minimum atomic E-state index is -3.04. The fourth-order valence-corrected chi connectivity index (χ4v) is 5.73. The molecule has 1 aliphatic carbocycles. The van der Waals surface area contributed by atoms with E-state index in [0.717, 1.165) is 61.0 Å². The predicted molar refractivity (Wildman–Crippen MR) is 132 cm³/mol. The molecule has 0 bridgehead atoms. The molecule has 1 saturated carbocycles. The molecule has 0 N–H and O–H groups in total. The summed E-state index contributed by atoms with van der Waals surface area (Å²) >= 11 is 0. The molecule has 182 valence electrons. The third kappa shape index (κ3) is 5.24. The van der Waals surface area contributed by atoms with E-state index in [1.807, 2.05) is 35.2 Å². The van der Waals surface area contributed by atoms with E-state index in [1.54, 1.807) is 0 Å². The standard InChI is InChI=1S/C27H33NO5S/c1-26(11-12-26)19-32-25(29)28-15-13-27(14-16-28)10-9-23-17-22(7-8-24(23)33-27)21-5-3-20(4-6-21)18-34(2,30)31/h3-8,17H,9-16,18-19H2,1-2H3. The summed E-state index contributed by atoms with van der Waals surface area (Å²) in [5.41, 5.74) is 4.16. The van der Waals surface area contributed by atoms with Gasteiger partial charge in [-0.15, -0.1) is 0 Å². The second kappa shape index (κ2) is 8.59. The first kappa shape index (κ1) is 23.2. The summed E-state index contributed by atoms with van der Waals surface area (Å²) in [6.07, 6.45) is 6.88. The average molecular weight is 484 g/mol. The van der Waals surface area contributed by atoms with Gasteiger partial charge in [0.2, 0.25) is 0 Å². The van der Waals surface area contributed by atoms with Gasteiger partial charge >= 0.3 is 6.09 Å². The lowest BCUT2D eigenvalue weighted by atomic mass is 9.82. The van der Waals surface area contributed by atoms with Gasteiger partial charge in [0.15, 0.2) is 9.84 Å². The lowest BCUT2D eigenvalue weighted by Gasteiger charge is -2.44. The Morgan fingerprint density at radius 2 is 1.68 bits per heavy atom. The third-order valence-corrected chi connectivity index (χ3v) is 8.39. The molecule has 1 spiro atoms. The van der Waals surface area contributed by atoms with Crippen LogP contribution in [0.5, 0.6) is 5.75 Å². The Bertz CT molecular complexity index is 1180. The number of hydrogen-bond donors (Lipinski definition) is 0. The molecule has 1 saturated heterocycles. The normalized spacial score (nSPS) is 20.4. The van der Waals surface area contributed by atoms with Crippen LogP contribution in [0.25, 0.3) is 11.1 Å². The highest BCUT2D eigenvalue weighted by Crippen LogP contribution is 2.45. The van der Waals surface area contributed by atoms with Crippen molar-refractivity contribution in [3.63, 3.8) is 0 Å². The first-order valence-corrected chi connectivity index (χ1v) is 14.2. The van der Waals surface area contributed by atoms with Gasteiger partial charge < -0.3 is 14.4 Å². The van der Waals surface area contributed by atoms with Gasteiger partial charge in [-0.3, -0.25) is 0 Å². The summed E-state index contributed by atoms with van der Waals surface area (Å²) in [4.78, 5) is 14.3. The number of nitrogens with zero attached hydrogens (tertiary/aromatic N) is 1. The van der Waals surface area contributed by atoms with Crippen LogP contribution in [-0.4, -0.2) is 51.0 Å². The van der Waals surface area contributed by atoms with Gasteiger partial charge in [0.25, 0.3) is 0 Å².